The number of aliphatic carboxylic acids is 1. The van der Waals surface area contributed by atoms with Gasteiger partial charge in [-0.05, 0) is 18.4 Å². The maximum Gasteiger partial charge on any atom is 0.326 e. The lowest BCUT2D eigenvalue weighted by molar-refractivity contribution is -0.142. The van der Waals surface area contributed by atoms with Crippen molar-refractivity contribution in [2.24, 2.45) is 5.92 Å². The fourth-order valence-electron chi connectivity index (χ4n) is 2.87. The molecule has 0 saturated carbocycles. The summed E-state index contributed by atoms with van der Waals surface area (Å²) in [6, 6.07) is 8.99. The van der Waals surface area contributed by atoms with Gasteiger partial charge in [-0.25, -0.2) is 4.79 Å². The zero-order valence-electron chi connectivity index (χ0n) is 14.4. The number of hydrogen-bond donors (Lipinski definition) is 2. The number of carbonyl (C=O) groups excluding carboxylic acids is 1. The molecule has 0 spiro atoms. The normalized spacial score (nSPS) is 17.8. The van der Waals surface area contributed by atoms with Crippen LogP contribution in [0.5, 0.6) is 0 Å². The van der Waals surface area contributed by atoms with Gasteiger partial charge in [-0.2, -0.15) is 0 Å². The number of nitrogens with one attached hydrogen (secondary N) is 1. The van der Waals surface area contributed by atoms with E-state index in [0.29, 0.717) is 31.9 Å². The van der Waals surface area contributed by atoms with Crippen molar-refractivity contribution < 1.29 is 19.4 Å². The number of amides is 1. The number of carboxylic acid groups (broad SMARTS) is 1. The lowest BCUT2D eigenvalue weighted by Gasteiger charge is -2.15. The van der Waals surface area contributed by atoms with Gasteiger partial charge in [0.2, 0.25) is 5.91 Å². The van der Waals surface area contributed by atoms with Crippen LogP contribution in [-0.2, 0) is 33.7 Å². The number of aromatic nitrogens is 3. The molecule has 1 amide bonds. The Morgan fingerprint density at radius 1 is 1.35 bits per heavy atom. The van der Waals surface area contributed by atoms with Crippen LogP contribution >= 0.6 is 0 Å². The van der Waals surface area contributed by atoms with Gasteiger partial charge in [0.15, 0.2) is 0 Å². The van der Waals surface area contributed by atoms with Crippen LogP contribution in [0.15, 0.2) is 36.5 Å². The van der Waals surface area contributed by atoms with E-state index in [-0.39, 0.29) is 18.2 Å². The second-order valence-electron chi connectivity index (χ2n) is 6.37. The molecule has 8 heteroatoms. The van der Waals surface area contributed by atoms with Crippen LogP contribution in [0.25, 0.3) is 0 Å². The van der Waals surface area contributed by atoms with Gasteiger partial charge in [0.05, 0.1) is 18.2 Å². The summed E-state index contributed by atoms with van der Waals surface area (Å²) in [4.78, 5) is 23.6. The van der Waals surface area contributed by atoms with Gasteiger partial charge in [0.1, 0.15) is 6.04 Å². The Morgan fingerprint density at radius 3 is 2.85 bits per heavy atom. The van der Waals surface area contributed by atoms with Gasteiger partial charge in [-0.15, -0.1) is 5.10 Å². The van der Waals surface area contributed by atoms with Crippen LogP contribution in [0.2, 0.25) is 0 Å². The van der Waals surface area contributed by atoms with Gasteiger partial charge in [-0.1, -0.05) is 35.5 Å². The predicted molar refractivity (Wildman–Crippen MR) is 92.4 cm³/mol. The lowest BCUT2D eigenvalue weighted by Crippen LogP contribution is -2.45. The quantitative estimate of drug-likeness (QED) is 0.718. The van der Waals surface area contributed by atoms with Crippen molar-refractivity contribution in [3.63, 3.8) is 0 Å². The SMILES string of the molecule is O=C(NC(Cc1cn(CCc2ccccc2)nn1)C(=O)O)C1CCOC1. The second-order valence-corrected chi connectivity index (χ2v) is 6.37. The third kappa shape index (κ3) is 4.89. The van der Waals surface area contributed by atoms with Crippen LogP contribution in [0, 0.1) is 5.92 Å². The topological polar surface area (TPSA) is 106 Å². The van der Waals surface area contributed by atoms with E-state index < -0.39 is 12.0 Å². The van der Waals surface area contributed by atoms with Gasteiger partial charge in [0.25, 0.3) is 0 Å². The monoisotopic (exact) mass is 358 g/mol. The molecule has 0 bridgehead atoms. The average molecular weight is 358 g/mol. The summed E-state index contributed by atoms with van der Waals surface area (Å²) in [7, 11) is 0. The maximum absolute atomic E-state index is 12.1. The fourth-order valence-corrected chi connectivity index (χ4v) is 2.87. The van der Waals surface area contributed by atoms with Crippen LogP contribution in [0.3, 0.4) is 0 Å². The summed E-state index contributed by atoms with van der Waals surface area (Å²) in [6.07, 6.45) is 3.25. The number of carbonyl (C=O) groups is 2. The molecule has 1 aliphatic rings. The minimum Gasteiger partial charge on any atom is -0.480 e. The fraction of sp³-hybridized carbons (Fsp3) is 0.444. The van der Waals surface area contributed by atoms with E-state index in [9.17, 15) is 14.7 Å². The van der Waals surface area contributed by atoms with E-state index in [2.05, 4.69) is 15.6 Å². The first-order valence-electron chi connectivity index (χ1n) is 8.65. The van der Waals surface area contributed by atoms with E-state index in [1.807, 2.05) is 30.3 Å². The minimum atomic E-state index is -1.09. The lowest BCUT2D eigenvalue weighted by atomic mass is 10.1. The first-order valence-corrected chi connectivity index (χ1v) is 8.65. The number of aryl methyl sites for hydroxylation is 2. The van der Waals surface area contributed by atoms with Crippen molar-refractivity contribution in [3.8, 4) is 0 Å². The molecule has 2 N–H and O–H groups in total. The molecule has 0 radical (unpaired) electrons. The minimum absolute atomic E-state index is 0.0972. The molecule has 1 fully saturated rings. The maximum atomic E-state index is 12.1. The molecule has 2 unspecified atom stereocenters. The van der Waals surface area contributed by atoms with E-state index in [0.717, 1.165) is 6.42 Å². The smallest absolute Gasteiger partial charge is 0.326 e. The van der Waals surface area contributed by atoms with E-state index in [1.165, 1.54) is 5.56 Å². The molecule has 1 aromatic heterocycles. The zero-order valence-corrected chi connectivity index (χ0v) is 14.4. The molecule has 26 heavy (non-hydrogen) atoms. The summed E-state index contributed by atoms with van der Waals surface area (Å²) in [5.74, 6) is -1.65. The van der Waals surface area contributed by atoms with Crippen LogP contribution < -0.4 is 5.32 Å². The van der Waals surface area contributed by atoms with Crippen molar-refractivity contribution in [1.82, 2.24) is 20.3 Å². The molecule has 1 aliphatic heterocycles. The highest BCUT2D eigenvalue weighted by molar-refractivity contribution is 5.85. The van der Waals surface area contributed by atoms with Crippen molar-refractivity contribution in [2.75, 3.05) is 13.2 Å². The van der Waals surface area contributed by atoms with Crippen molar-refractivity contribution in [3.05, 3.63) is 47.8 Å². The van der Waals surface area contributed by atoms with Crippen molar-refractivity contribution in [1.29, 1.82) is 0 Å². The molecule has 2 heterocycles. The molecular weight excluding hydrogens is 336 g/mol. The highest BCUT2D eigenvalue weighted by atomic mass is 16.5. The third-order valence-electron chi connectivity index (χ3n) is 4.39. The number of ether oxygens (including phenoxy) is 1. The Hall–Kier alpha value is -2.74. The number of carboxylic acids is 1. The van der Waals surface area contributed by atoms with Crippen LogP contribution in [0.4, 0.5) is 0 Å². The molecule has 3 rings (SSSR count). The summed E-state index contributed by atoms with van der Waals surface area (Å²) in [6.45, 7) is 1.53. The molecule has 1 saturated heterocycles. The number of nitrogens with zero attached hydrogens (tertiary/aromatic N) is 3. The van der Waals surface area contributed by atoms with Gasteiger partial charge < -0.3 is 15.2 Å². The Morgan fingerprint density at radius 2 is 2.15 bits per heavy atom. The number of hydrogen-bond acceptors (Lipinski definition) is 5. The first kappa shape index (κ1) is 18.1. The molecule has 8 nitrogen and oxygen atoms in total. The van der Waals surface area contributed by atoms with Crippen LogP contribution in [0.1, 0.15) is 17.7 Å². The standard InChI is InChI=1S/C18H22N4O4/c23-17(14-7-9-26-12-14)19-16(18(24)25)10-15-11-22(21-20-15)8-6-13-4-2-1-3-5-13/h1-5,11,14,16H,6-10,12H2,(H,19,23)(H,24,25). The average Bonchev–Trinajstić information content (AvgIpc) is 3.32. The third-order valence-corrected chi connectivity index (χ3v) is 4.39. The Labute approximate surface area is 151 Å². The van der Waals surface area contributed by atoms with E-state index in [4.69, 9.17) is 4.74 Å². The predicted octanol–water partition coefficient (Wildman–Crippen LogP) is 0.669. The summed E-state index contributed by atoms with van der Waals surface area (Å²) >= 11 is 0. The van der Waals surface area contributed by atoms with E-state index in [1.54, 1.807) is 10.9 Å². The van der Waals surface area contributed by atoms with Crippen molar-refractivity contribution >= 4 is 11.9 Å². The van der Waals surface area contributed by atoms with Gasteiger partial charge >= 0.3 is 5.97 Å². The number of benzene rings is 1. The largest absolute Gasteiger partial charge is 0.480 e. The highest BCUT2D eigenvalue weighted by Gasteiger charge is 2.28. The van der Waals surface area contributed by atoms with Gasteiger partial charge in [0, 0.05) is 25.8 Å². The molecule has 138 valence electrons. The highest BCUT2D eigenvalue weighted by Crippen LogP contribution is 2.13. The summed E-state index contributed by atoms with van der Waals surface area (Å²) < 4.78 is 6.86. The van der Waals surface area contributed by atoms with Crippen LogP contribution in [-0.4, -0.2) is 51.2 Å². The van der Waals surface area contributed by atoms with E-state index >= 15 is 0 Å². The summed E-state index contributed by atoms with van der Waals surface area (Å²) in [5.41, 5.74) is 1.73. The first-order chi connectivity index (χ1) is 12.6. The molecule has 2 aromatic rings. The number of rotatable bonds is 8. The Bertz CT molecular complexity index is 741. The Kier molecular flexibility index (Phi) is 5.96. The summed E-state index contributed by atoms with van der Waals surface area (Å²) in [5, 5.41) is 20.0. The molecule has 1 aromatic carbocycles. The Balaban J connectivity index is 1.54. The molecule has 2 atom stereocenters. The molecule has 0 aliphatic carbocycles. The zero-order chi connectivity index (χ0) is 18.4. The van der Waals surface area contributed by atoms with Gasteiger partial charge in [-0.3, -0.25) is 9.48 Å². The second kappa shape index (κ2) is 8.57. The van der Waals surface area contributed by atoms with Crippen molar-refractivity contribution in [2.45, 2.75) is 31.8 Å². The molecular formula is C18H22N4O4.